The van der Waals surface area contributed by atoms with Crippen LogP contribution in [0, 0.1) is 0 Å². The molecule has 148 valence electrons. The summed E-state index contributed by atoms with van der Waals surface area (Å²) >= 11 is 3.50. The first kappa shape index (κ1) is 20.5. The fourth-order valence-electron chi connectivity index (χ4n) is 3.26. The Morgan fingerprint density at radius 2 is 1.61 bits per heavy atom. The number of nitrogens with zero attached hydrogens (tertiary/aromatic N) is 2. The lowest BCUT2D eigenvalue weighted by Crippen LogP contribution is -2.00. The molecule has 0 unspecified atom stereocenters. The third-order valence-corrected chi connectivity index (χ3v) is 5.34. The normalized spacial score (nSPS) is 10.9. The summed E-state index contributed by atoms with van der Waals surface area (Å²) in [6.45, 7) is 3.19. The summed E-state index contributed by atoms with van der Waals surface area (Å²) < 4.78 is 14.2. The number of halogens is 1. The van der Waals surface area contributed by atoms with Gasteiger partial charge in [0.1, 0.15) is 5.82 Å². The molecule has 0 saturated heterocycles. The highest BCUT2D eigenvalue weighted by Crippen LogP contribution is 2.33. The molecule has 0 N–H and O–H groups in total. The first-order chi connectivity index (χ1) is 13.7. The Morgan fingerprint density at radius 3 is 2.29 bits per heavy atom. The number of unbranched alkanes of at least 4 members (excludes halogenated alkanes) is 3. The van der Waals surface area contributed by atoms with Crippen LogP contribution in [-0.4, -0.2) is 23.8 Å². The number of aromatic nitrogens is 2. The van der Waals surface area contributed by atoms with E-state index in [4.69, 9.17) is 14.5 Å². The van der Waals surface area contributed by atoms with E-state index < -0.39 is 0 Å². The van der Waals surface area contributed by atoms with Gasteiger partial charge in [0, 0.05) is 28.3 Å². The van der Waals surface area contributed by atoms with Crippen LogP contribution in [0.25, 0.3) is 22.6 Å². The van der Waals surface area contributed by atoms with E-state index in [2.05, 4.69) is 45.8 Å². The van der Waals surface area contributed by atoms with Crippen molar-refractivity contribution in [2.45, 2.75) is 39.2 Å². The van der Waals surface area contributed by atoms with Crippen molar-refractivity contribution in [2.75, 3.05) is 14.2 Å². The summed E-state index contributed by atoms with van der Waals surface area (Å²) in [5.74, 6) is 2.39. The Morgan fingerprint density at radius 1 is 0.893 bits per heavy atom. The van der Waals surface area contributed by atoms with Crippen molar-refractivity contribution < 1.29 is 9.47 Å². The van der Waals surface area contributed by atoms with Crippen molar-refractivity contribution in [1.29, 1.82) is 0 Å². The number of ether oxygens (including phenoxy) is 2. The maximum atomic E-state index is 5.49. The van der Waals surface area contributed by atoms with Crippen molar-refractivity contribution in [3.8, 4) is 34.1 Å². The number of methoxy groups -OCH3 is 2. The smallest absolute Gasteiger partial charge is 0.161 e. The van der Waals surface area contributed by atoms with Gasteiger partial charge in [-0.25, -0.2) is 4.98 Å². The lowest BCUT2D eigenvalue weighted by atomic mass is 10.1. The van der Waals surface area contributed by atoms with Gasteiger partial charge in [-0.05, 0) is 36.8 Å². The van der Waals surface area contributed by atoms with Gasteiger partial charge in [-0.15, -0.1) is 0 Å². The fraction of sp³-hybridized carbons (Fsp3) is 0.348. The van der Waals surface area contributed by atoms with Crippen LogP contribution in [0.15, 0.2) is 53.1 Å². The Labute approximate surface area is 175 Å². The zero-order chi connectivity index (χ0) is 19.9. The van der Waals surface area contributed by atoms with Gasteiger partial charge in [-0.3, -0.25) is 0 Å². The Balaban J connectivity index is 1.98. The minimum atomic E-state index is 0.714. The topological polar surface area (TPSA) is 36.3 Å². The molecule has 0 aliphatic rings. The van der Waals surface area contributed by atoms with Crippen LogP contribution in [0.5, 0.6) is 11.5 Å². The monoisotopic (exact) mass is 442 g/mol. The molecule has 5 heteroatoms. The van der Waals surface area contributed by atoms with Crippen LogP contribution in [0.2, 0.25) is 0 Å². The van der Waals surface area contributed by atoms with Crippen molar-refractivity contribution in [3.63, 3.8) is 0 Å². The van der Waals surface area contributed by atoms with E-state index in [1.807, 2.05) is 30.3 Å². The van der Waals surface area contributed by atoms with Gasteiger partial charge >= 0.3 is 0 Å². The Bertz CT molecular complexity index is 903. The molecule has 0 radical (unpaired) electrons. The van der Waals surface area contributed by atoms with Crippen LogP contribution in [0.1, 0.15) is 32.6 Å². The predicted octanol–water partition coefficient (Wildman–Crippen LogP) is 6.58. The standard InChI is InChI=1S/C23H27BrN2O2/c1-4-5-6-7-14-26-16-20(17-8-11-19(24)12-9-17)25-23(26)18-10-13-21(27-2)22(15-18)28-3/h8-13,15-16H,4-7,14H2,1-3H3. The summed E-state index contributed by atoms with van der Waals surface area (Å²) in [6.07, 6.45) is 7.02. The number of benzene rings is 2. The van der Waals surface area contributed by atoms with Crippen molar-refractivity contribution in [3.05, 3.63) is 53.1 Å². The minimum absolute atomic E-state index is 0.714. The minimum Gasteiger partial charge on any atom is -0.493 e. The van der Waals surface area contributed by atoms with Gasteiger partial charge in [-0.2, -0.15) is 0 Å². The molecule has 0 aliphatic carbocycles. The molecule has 3 aromatic rings. The molecule has 1 heterocycles. The summed E-state index contributed by atoms with van der Waals surface area (Å²) in [4.78, 5) is 4.96. The first-order valence-electron chi connectivity index (χ1n) is 9.71. The number of rotatable bonds is 9. The zero-order valence-electron chi connectivity index (χ0n) is 16.7. The Kier molecular flexibility index (Phi) is 7.15. The molecule has 0 aliphatic heterocycles. The van der Waals surface area contributed by atoms with E-state index in [9.17, 15) is 0 Å². The summed E-state index contributed by atoms with van der Waals surface area (Å²) in [5.41, 5.74) is 3.11. The lowest BCUT2D eigenvalue weighted by molar-refractivity contribution is 0.355. The van der Waals surface area contributed by atoms with Crippen molar-refractivity contribution in [2.24, 2.45) is 0 Å². The second-order valence-electron chi connectivity index (χ2n) is 6.78. The third kappa shape index (κ3) is 4.76. The highest BCUT2D eigenvalue weighted by Gasteiger charge is 2.14. The first-order valence-corrected chi connectivity index (χ1v) is 10.5. The number of hydrogen-bond donors (Lipinski definition) is 0. The fourth-order valence-corrected chi connectivity index (χ4v) is 3.53. The van der Waals surface area contributed by atoms with Crippen LogP contribution in [0.3, 0.4) is 0 Å². The molecule has 28 heavy (non-hydrogen) atoms. The molecule has 2 aromatic carbocycles. The average molecular weight is 443 g/mol. The van der Waals surface area contributed by atoms with Gasteiger partial charge in [0.05, 0.1) is 19.9 Å². The molecule has 0 bridgehead atoms. The highest BCUT2D eigenvalue weighted by atomic mass is 79.9. The molecule has 0 spiro atoms. The second-order valence-corrected chi connectivity index (χ2v) is 7.70. The maximum Gasteiger partial charge on any atom is 0.161 e. The largest absolute Gasteiger partial charge is 0.493 e. The van der Waals surface area contributed by atoms with Gasteiger partial charge in [-0.1, -0.05) is 54.2 Å². The molecule has 1 aromatic heterocycles. The van der Waals surface area contributed by atoms with E-state index in [1.54, 1.807) is 14.2 Å². The molecule has 0 atom stereocenters. The molecule has 0 fully saturated rings. The third-order valence-electron chi connectivity index (χ3n) is 4.81. The van der Waals surface area contributed by atoms with Gasteiger partial charge in [0.15, 0.2) is 11.5 Å². The van der Waals surface area contributed by atoms with E-state index in [-0.39, 0.29) is 0 Å². The van der Waals surface area contributed by atoms with Crippen LogP contribution < -0.4 is 9.47 Å². The Hall–Kier alpha value is -2.27. The lowest BCUT2D eigenvalue weighted by Gasteiger charge is -2.11. The predicted molar refractivity (Wildman–Crippen MR) is 118 cm³/mol. The summed E-state index contributed by atoms with van der Waals surface area (Å²) in [7, 11) is 3.31. The molecule has 0 saturated carbocycles. The second kappa shape index (κ2) is 9.78. The number of aryl methyl sites for hydroxylation is 1. The van der Waals surface area contributed by atoms with Crippen LogP contribution in [0.4, 0.5) is 0 Å². The van der Waals surface area contributed by atoms with Crippen molar-refractivity contribution >= 4 is 15.9 Å². The van der Waals surface area contributed by atoms with E-state index in [0.717, 1.165) is 45.8 Å². The molecular weight excluding hydrogens is 416 g/mol. The zero-order valence-corrected chi connectivity index (χ0v) is 18.3. The molecule has 0 amide bonds. The van der Waals surface area contributed by atoms with E-state index in [1.165, 1.54) is 19.3 Å². The van der Waals surface area contributed by atoms with Gasteiger partial charge < -0.3 is 14.0 Å². The average Bonchev–Trinajstić information content (AvgIpc) is 3.15. The highest BCUT2D eigenvalue weighted by molar-refractivity contribution is 9.10. The SMILES string of the molecule is CCCCCCn1cc(-c2ccc(Br)cc2)nc1-c1ccc(OC)c(OC)c1. The summed E-state index contributed by atoms with van der Waals surface area (Å²) in [6, 6.07) is 14.2. The molecule has 4 nitrogen and oxygen atoms in total. The maximum absolute atomic E-state index is 5.49. The number of imidazole rings is 1. The van der Waals surface area contributed by atoms with Crippen molar-refractivity contribution in [1.82, 2.24) is 9.55 Å². The van der Waals surface area contributed by atoms with Crippen LogP contribution in [-0.2, 0) is 6.54 Å². The summed E-state index contributed by atoms with van der Waals surface area (Å²) in [5, 5.41) is 0. The van der Waals surface area contributed by atoms with Crippen LogP contribution >= 0.6 is 15.9 Å². The molecular formula is C23H27BrN2O2. The number of hydrogen-bond acceptors (Lipinski definition) is 3. The molecule has 3 rings (SSSR count). The van der Waals surface area contributed by atoms with Gasteiger partial charge in [0.25, 0.3) is 0 Å². The van der Waals surface area contributed by atoms with E-state index in [0.29, 0.717) is 5.75 Å². The van der Waals surface area contributed by atoms with E-state index >= 15 is 0 Å². The van der Waals surface area contributed by atoms with Gasteiger partial charge in [0.2, 0.25) is 0 Å². The quantitative estimate of drug-likeness (QED) is 0.351.